The Bertz CT molecular complexity index is 667. The van der Waals surface area contributed by atoms with Gasteiger partial charge in [0.05, 0.1) is 17.4 Å². The second-order valence-electron chi connectivity index (χ2n) is 6.19. The molecule has 27 heavy (non-hydrogen) atoms. The average Bonchev–Trinajstić information content (AvgIpc) is 3.21. The van der Waals surface area contributed by atoms with Crippen LogP contribution in [0.25, 0.3) is 0 Å². The third-order valence-electron chi connectivity index (χ3n) is 4.25. The van der Waals surface area contributed by atoms with E-state index >= 15 is 0 Å². The molecule has 2 rings (SSSR count). The van der Waals surface area contributed by atoms with Crippen LogP contribution in [0.2, 0.25) is 0 Å². The Labute approximate surface area is 161 Å². The molecule has 148 valence electrons. The van der Waals surface area contributed by atoms with Crippen LogP contribution >= 0.6 is 11.3 Å². The van der Waals surface area contributed by atoms with Crippen LogP contribution in [0.1, 0.15) is 36.4 Å². The monoisotopic (exact) mass is 396 g/mol. The van der Waals surface area contributed by atoms with E-state index in [-0.39, 0.29) is 30.3 Å². The third-order valence-corrected chi connectivity index (χ3v) is 5.12. The zero-order chi connectivity index (χ0) is 19.8. The Morgan fingerprint density at radius 1 is 1.26 bits per heavy atom. The van der Waals surface area contributed by atoms with Gasteiger partial charge >= 0.3 is 11.9 Å². The lowest BCUT2D eigenvalue weighted by molar-refractivity contribution is -0.155. The third kappa shape index (κ3) is 6.06. The first kappa shape index (κ1) is 20.9. The maximum absolute atomic E-state index is 12.2. The lowest BCUT2D eigenvalue weighted by Gasteiger charge is -2.30. The number of likely N-dealkylation sites (tertiary alicyclic amines) is 1. The number of esters is 2. The van der Waals surface area contributed by atoms with Gasteiger partial charge in [0.2, 0.25) is 0 Å². The fraction of sp³-hybridized carbons (Fsp3) is 0.556. The number of carbonyl (C=O) groups excluding carboxylic acids is 4. The molecule has 1 atom stereocenters. The molecule has 2 heterocycles. The van der Waals surface area contributed by atoms with Gasteiger partial charge in [0.1, 0.15) is 6.04 Å². The van der Waals surface area contributed by atoms with Crippen molar-refractivity contribution in [1.29, 1.82) is 0 Å². The number of nitrogens with zero attached hydrogens (tertiary/aromatic N) is 1. The van der Waals surface area contributed by atoms with E-state index in [4.69, 9.17) is 9.47 Å². The van der Waals surface area contributed by atoms with Gasteiger partial charge < -0.3 is 19.7 Å². The molecule has 0 aliphatic carbocycles. The van der Waals surface area contributed by atoms with E-state index in [1.807, 2.05) is 0 Å². The molecule has 1 saturated heterocycles. The van der Waals surface area contributed by atoms with E-state index in [0.29, 0.717) is 37.4 Å². The standard InChI is InChI=1S/C18H24N2O6S/c1-3-25-18(24)13-6-8-20(9-7-13)15(21)11-26-17(23)12(2)19-16(22)14-5-4-10-27-14/h4-5,10,12-13H,3,6-9,11H2,1-2H3,(H,19,22). The van der Waals surface area contributed by atoms with Gasteiger partial charge in [-0.1, -0.05) is 6.07 Å². The molecule has 1 unspecified atom stereocenters. The highest BCUT2D eigenvalue weighted by molar-refractivity contribution is 7.12. The highest BCUT2D eigenvalue weighted by Gasteiger charge is 2.29. The van der Waals surface area contributed by atoms with Gasteiger partial charge in [-0.05, 0) is 38.1 Å². The molecule has 0 spiro atoms. The van der Waals surface area contributed by atoms with Crippen LogP contribution in [-0.2, 0) is 23.9 Å². The summed E-state index contributed by atoms with van der Waals surface area (Å²) in [5, 5.41) is 4.30. The van der Waals surface area contributed by atoms with Crippen molar-refractivity contribution in [3.63, 3.8) is 0 Å². The largest absolute Gasteiger partial charge is 0.466 e. The van der Waals surface area contributed by atoms with Crippen LogP contribution in [0, 0.1) is 5.92 Å². The van der Waals surface area contributed by atoms with Crippen molar-refractivity contribution < 1.29 is 28.7 Å². The number of hydrogen-bond donors (Lipinski definition) is 1. The van der Waals surface area contributed by atoms with E-state index in [2.05, 4.69) is 5.32 Å². The molecule has 1 aliphatic heterocycles. The lowest BCUT2D eigenvalue weighted by atomic mass is 9.97. The summed E-state index contributed by atoms with van der Waals surface area (Å²) in [7, 11) is 0. The van der Waals surface area contributed by atoms with Gasteiger partial charge in [-0.2, -0.15) is 0 Å². The number of thiophene rings is 1. The van der Waals surface area contributed by atoms with Crippen LogP contribution in [-0.4, -0.2) is 61.0 Å². The van der Waals surface area contributed by atoms with Crippen molar-refractivity contribution in [2.75, 3.05) is 26.3 Å². The summed E-state index contributed by atoms with van der Waals surface area (Å²) < 4.78 is 10.0. The first-order chi connectivity index (χ1) is 12.9. The zero-order valence-electron chi connectivity index (χ0n) is 15.4. The molecule has 1 aromatic heterocycles. The number of carbonyl (C=O) groups is 4. The maximum atomic E-state index is 12.2. The van der Waals surface area contributed by atoms with Crippen molar-refractivity contribution in [1.82, 2.24) is 10.2 Å². The average molecular weight is 396 g/mol. The fourth-order valence-corrected chi connectivity index (χ4v) is 3.34. The van der Waals surface area contributed by atoms with Crippen molar-refractivity contribution in [2.24, 2.45) is 5.92 Å². The summed E-state index contributed by atoms with van der Waals surface area (Å²) in [5.41, 5.74) is 0. The second-order valence-corrected chi connectivity index (χ2v) is 7.13. The van der Waals surface area contributed by atoms with Gasteiger partial charge in [-0.15, -0.1) is 11.3 Å². The highest BCUT2D eigenvalue weighted by atomic mass is 32.1. The number of nitrogens with one attached hydrogen (secondary N) is 1. The van der Waals surface area contributed by atoms with Crippen molar-refractivity contribution in [3.8, 4) is 0 Å². The zero-order valence-corrected chi connectivity index (χ0v) is 16.3. The number of piperidine rings is 1. The van der Waals surface area contributed by atoms with E-state index in [0.717, 1.165) is 0 Å². The molecule has 0 radical (unpaired) electrons. The Hall–Kier alpha value is -2.42. The van der Waals surface area contributed by atoms with Gasteiger partial charge in [-0.3, -0.25) is 14.4 Å². The first-order valence-electron chi connectivity index (χ1n) is 8.87. The Morgan fingerprint density at radius 3 is 2.56 bits per heavy atom. The van der Waals surface area contributed by atoms with E-state index in [1.165, 1.54) is 18.3 Å². The highest BCUT2D eigenvalue weighted by Crippen LogP contribution is 2.18. The molecule has 0 saturated carbocycles. The van der Waals surface area contributed by atoms with Crippen LogP contribution < -0.4 is 5.32 Å². The minimum Gasteiger partial charge on any atom is -0.466 e. The van der Waals surface area contributed by atoms with Crippen LogP contribution in [0.15, 0.2) is 17.5 Å². The SMILES string of the molecule is CCOC(=O)C1CCN(C(=O)COC(=O)C(C)NC(=O)c2cccs2)CC1. The summed E-state index contributed by atoms with van der Waals surface area (Å²) in [6.07, 6.45) is 1.07. The number of rotatable bonds is 7. The molecular formula is C18H24N2O6S. The van der Waals surface area contributed by atoms with E-state index < -0.39 is 12.0 Å². The molecular weight excluding hydrogens is 372 g/mol. The molecule has 1 N–H and O–H groups in total. The molecule has 8 nitrogen and oxygen atoms in total. The van der Waals surface area contributed by atoms with Crippen molar-refractivity contribution in [3.05, 3.63) is 22.4 Å². The minimum absolute atomic E-state index is 0.191. The lowest BCUT2D eigenvalue weighted by Crippen LogP contribution is -2.44. The Morgan fingerprint density at radius 2 is 1.96 bits per heavy atom. The minimum atomic E-state index is -0.859. The molecule has 9 heteroatoms. The van der Waals surface area contributed by atoms with Crippen LogP contribution in [0.5, 0.6) is 0 Å². The molecule has 0 aromatic carbocycles. The predicted octanol–water partition coefficient (Wildman–Crippen LogP) is 1.21. The van der Waals surface area contributed by atoms with Gasteiger partial charge in [0.15, 0.2) is 6.61 Å². The van der Waals surface area contributed by atoms with Gasteiger partial charge in [0.25, 0.3) is 11.8 Å². The second kappa shape index (κ2) is 10.1. The van der Waals surface area contributed by atoms with Crippen molar-refractivity contribution in [2.45, 2.75) is 32.7 Å². The van der Waals surface area contributed by atoms with Gasteiger partial charge in [0, 0.05) is 13.1 Å². The fourth-order valence-electron chi connectivity index (χ4n) is 2.71. The van der Waals surface area contributed by atoms with Gasteiger partial charge in [-0.25, -0.2) is 4.79 Å². The molecule has 1 aliphatic rings. The summed E-state index contributed by atoms with van der Waals surface area (Å²) in [6, 6.07) is 2.54. The topological polar surface area (TPSA) is 102 Å². The predicted molar refractivity (Wildman–Crippen MR) is 98.1 cm³/mol. The summed E-state index contributed by atoms with van der Waals surface area (Å²) >= 11 is 1.27. The molecule has 0 bridgehead atoms. The quantitative estimate of drug-likeness (QED) is 0.695. The van der Waals surface area contributed by atoms with Crippen LogP contribution in [0.4, 0.5) is 0 Å². The molecule has 1 aromatic rings. The molecule has 1 fully saturated rings. The Kier molecular flexibility index (Phi) is 7.78. The summed E-state index contributed by atoms with van der Waals surface area (Å²) in [5.74, 6) is -1.77. The Balaban J connectivity index is 1.71. The van der Waals surface area contributed by atoms with Crippen molar-refractivity contribution >= 4 is 35.1 Å². The first-order valence-corrected chi connectivity index (χ1v) is 9.75. The van der Waals surface area contributed by atoms with E-state index in [1.54, 1.807) is 29.3 Å². The summed E-state index contributed by atoms with van der Waals surface area (Å²) in [4.78, 5) is 49.9. The van der Waals surface area contributed by atoms with E-state index in [9.17, 15) is 19.2 Å². The maximum Gasteiger partial charge on any atom is 0.328 e. The normalized spacial score (nSPS) is 15.7. The van der Waals surface area contributed by atoms with Crippen LogP contribution in [0.3, 0.4) is 0 Å². The smallest absolute Gasteiger partial charge is 0.328 e. The molecule has 2 amide bonds. The number of hydrogen-bond acceptors (Lipinski definition) is 7. The summed E-state index contributed by atoms with van der Waals surface area (Å²) in [6.45, 7) is 4.06. The number of ether oxygens (including phenoxy) is 2. The number of amides is 2.